The lowest BCUT2D eigenvalue weighted by atomic mass is 10.3. The first-order valence-corrected chi connectivity index (χ1v) is 5.47. The maximum Gasteiger partial charge on any atom is 0.323 e. The number of carbonyl (C=O) groups excluding carboxylic acids is 2. The average molecular weight is 245 g/mol. The molecule has 0 aromatic heterocycles. The number of urea groups is 1. The van der Waals surface area contributed by atoms with E-state index in [2.05, 4.69) is 10.6 Å². The summed E-state index contributed by atoms with van der Waals surface area (Å²) < 4.78 is 0. The third-order valence-electron chi connectivity index (χ3n) is 2.08. The fourth-order valence-electron chi connectivity index (χ4n) is 1.16. The predicted octanol–water partition coefficient (Wildman–Crippen LogP) is -0.373. The number of amides is 3. The van der Waals surface area contributed by atoms with E-state index in [1.165, 1.54) is 6.92 Å². The molecule has 1 atom stereocenters. The minimum absolute atomic E-state index is 0.264. The molecule has 0 saturated carbocycles. The molecular formula is C10H19N3O4. The molecule has 98 valence electrons. The summed E-state index contributed by atoms with van der Waals surface area (Å²) in [7, 11) is 0. The molecule has 0 aliphatic rings. The van der Waals surface area contributed by atoms with Crippen LogP contribution in [0.2, 0.25) is 0 Å². The minimum Gasteiger partial charge on any atom is -0.480 e. The number of nitrogens with zero attached hydrogens (tertiary/aromatic N) is 1. The molecule has 3 amide bonds. The van der Waals surface area contributed by atoms with Gasteiger partial charge in [-0.15, -0.1) is 0 Å². The number of rotatable bonds is 6. The third-order valence-corrected chi connectivity index (χ3v) is 2.08. The Balaban J connectivity index is 4.30. The highest BCUT2D eigenvalue weighted by Crippen LogP contribution is 1.92. The molecular weight excluding hydrogens is 226 g/mol. The van der Waals surface area contributed by atoms with Gasteiger partial charge in [-0.05, 0) is 20.8 Å². The van der Waals surface area contributed by atoms with Crippen molar-refractivity contribution < 1.29 is 19.5 Å². The normalized spacial score (nSPS) is 11.5. The van der Waals surface area contributed by atoms with Gasteiger partial charge in [0.25, 0.3) is 0 Å². The van der Waals surface area contributed by atoms with Gasteiger partial charge in [-0.2, -0.15) is 0 Å². The molecule has 0 radical (unpaired) electrons. The largest absolute Gasteiger partial charge is 0.480 e. The Bertz CT molecular complexity index is 293. The van der Waals surface area contributed by atoms with Crippen LogP contribution in [0.25, 0.3) is 0 Å². The Labute approximate surface area is 100 Å². The van der Waals surface area contributed by atoms with Crippen LogP contribution in [0.4, 0.5) is 4.79 Å². The van der Waals surface area contributed by atoms with Crippen LogP contribution in [0.3, 0.4) is 0 Å². The van der Waals surface area contributed by atoms with Crippen molar-refractivity contribution in [2.45, 2.75) is 26.8 Å². The first-order chi connectivity index (χ1) is 7.92. The molecule has 17 heavy (non-hydrogen) atoms. The molecule has 0 spiro atoms. The second-order valence-corrected chi connectivity index (χ2v) is 3.47. The zero-order valence-electron chi connectivity index (χ0n) is 10.3. The van der Waals surface area contributed by atoms with Crippen LogP contribution in [-0.4, -0.2) is 53.6 Å². The van der Waals surface area contributed by atoms with Crippen molar-refractivity contribution in [2.24, 2.45) is 0 Å². The molecule has 0 aliphatic heterocycles. The minimum atomic E-state index is -1.09. The van der Waals surface area contributed by atoms with E-state index < -0.39 is 18.0 Å². The summed E-state index contributed by atoms with van der Waals surface area (Å²) in [6.07, 6.45) is 0. The molecule has 0 heterocycles. The number of carboxylic acids is 1. The van der Waals surface area contributed by atoms with E-state index in [4.69, 9.17) is 5.11 Å². The molecule has 7 nitrogen and oxygen atoms in total. The molecule has 3 N–H and O–H groups in total. The van der Waals surface area contributed by atoms with Gasteiger partial charge in [0.05, 0.1) is 0 Å². The highest BCUT2D eigenvalue weighted by Gasteiger charge is 2.19. The average Bonchev–Trinajstić information content (AvgIpc) is 2.25. The SMILES string of the molecule is CCNC(=O)C(C)NC(=O)N(CC)CC(=O)O. The van der Waals surface area contributed by atoms with Crippen molar-refractivity contribution >= 4 is 17.9 Å². The lowest BCUT2D eigenvalue weighted by molar-refractivity contribution is -0.137. The van der Waals surface area contributed by atoms with E-state index in [0.29, 0.717) is 6.54 Å². The number of carbonyl (C=O) groups is 3. The van der Waals surface area contributed by atoms with Crippen LogP contribution in [0, 0.1) is 0 Å². The Morgan fingerprint density at radius 3 is 2.29 bits per heavy atom. The van der Waals surface area contributed by atoms with Crippen LogP contribution >= 0.6 is 0 Å². The zero-order valence-corrected chi connectivity index (χ0v) is 10.3. The summed E-state index contributed by atoms with van der Waals surface area (Å²) in [5.41, 5.74) is 0. The summed E-state index contributed by atoms with van der Waals surface area (Å²) in [4.78, 5) is 34.6. The van der Waals surface area contributed by atoms with Gasteiger partial charge in [0.15, 0.2) is 0 Å². The molecule has 0 saturated heterocycles. The number of hydrogen-bond acceptors (Lipinski definition) is 3. The van der Waals surface area contributed by atoms with Gasteiger partial charge in [0.2, 0.25) is 5.91 Å². The molecule has 0 aromatic carbocycles. The van der Waals surface area contributed by atoms with Crippen molar-refractivity contribution in [1.82, 2.24) is 15.5 Å². The molecule has 1 unspecified atom stereocenters. The summed E-state index contributed by atoms with van der Waals surface area (Å²) in [5, 5.41) is 13.6. The maximum atomic E-state index is 11.6. The standard InChI is InChI=1S/C10H19N3O4/c1-4-11-9(16)7(3)12-10(17)13(5-2)6-8(14)15/h7H,4-6H2,1-3H3,(H,11,16)(H,12,17)(H,14,15). The molecule has 0 rings (SSSR count). The molecule has 7 heteroatoms. The first kappa shape index (κ1) is 15.2. The Morgan fingerprint density at radius 1 is 1.29 bits per heavy atom. The molecule has 0 fully saturated rings. The van der Waals surface area contributed by atoms with Gasteiger partial charge >= 0.3 is 12.0 Å². The van der Waals surface area contributed by atoms with E-state index in [-0.39, 0.29) is 19.0 Å². The van der Waals surface area contributed by atoms with Crippen molar-refractivity contribution in [3.63, 3.8) is 0 Å². The highest BCUT2D eigenvalue weighted by molar-refractivity contribution is 5.87. The number of aliphatic carboxylic acids is 1. The fraction of sp³-hybridized carbons (Fsp3) is 0.700. The second-order valence-electron chi connectivity index (χ2n) is 3.47. The summed E-state index contributed by atoms with van der Waals surface area (Å²) in [5.74, 6) is -1.39. The lowest BCUT2D eigenvalue weighted by Crippen LogP contribution is -2.50. The van der Waals surface area contributed by atoms with Gasteiger partial charge < -0.3 is 20.6 Å². The Kier molecular flexibility index (Phi) is 6.69. The second kappa shape index (κ2) is 7.48. The third kappa shape index (κ3) is 5.74. The Morgan fingerprint density at radius 2 is 1.88 bits per heavy atom. The number of carboxylic acid groups (broad SMARTS) is 1. The Hall–Kier alpha value is -1.79. The number of nitrogens with one attached hydrogen (secondary N) is 2. The summed E-state index contributed by atoms with van der Waals surface area (Å²) >= 11 is 0. The fourth-order valence-corrected chi connectivity index (χ4v) is 1.16. The molecule has 0 aliphatic carbocycles. The molecule has 0 bridgehead atoms. The topological polar surface area (TPSA) is 98.7 Å². The van der Waals surface area contributed by atoms with Crippen molar-refractivity contribution in [1.29, 1.82) is 0 Å². The van der Waals surface area contributed by atoms with E-state index in [0.717, 1.165) is 4.90 Å². The quantitative estimate of drug-likeness (QED) is 0.594. The highest BCUT2D eigenvalue weighted by atomic mass is 16.4. The zero-order chi connectivity index (χ0) is 13.4. The number of hydrogen-bond donors (Lipinski definition) is 3. The van der Waals surface area contributed by atoms with Crippen molar-refractivity contribution in [3.8, 4) is 0 Å². The van der Waals surface area contributed by atoms with E-state index >= 15 is 0 Å². The summed E-state index contributed by atoms with van der Waals surface area (Å²) in [6, 6.07) is -1.25. The lowest BCUT2D eigenvalue weighted by Gasteiger charge is -2.21. The van der Waals surface area contributed by atoms with Crippen LogP contribution in [0.1, 0.15) is 20.8 Å². The monoisotopic (exact) mass is 245 g/mol. The van der Waals surface area contributed by atoms with Gasteiger partial charge in [-0.25, -0.2) is 4.79 Å². The van der Waals surface area contributed by atoms with Crippen LogP contribution in [-0.2, 0) is 9.59 Å². The van der Waals surface area contributed by atoms with Crippen LogP contribution < -0.4 is 10.6 Å². The van der Waals surface area contributed by atoms with Gasteiger partial charge in [-0.3, -0.25) is 9.59 Å². The van der Waals surface area contributed by atoms with E-state index in [1.54, 1.807) is 13.8 Å². The van der Waals surface area contributed by atoms with E-state index in [1.807, 2.05) is 0 Å². The van der Waals surface area contributed by atoms with Gasteiger partial charge in [0.1, 0.15) is 12.6 Å². The van der Waals surface area contributed by atoms with Crippen molar-refractivity contribution in [3.05, 3.63) is 0 Å². The smallest absolute Gasteiger partial charge is 0.323 e. The van der Waals surface area contributed by atoms with Crippen LogP contribution in [0.15, 0.2) is 0 Å². The predicted molar refractivity (Wildman–Crippen MR) is 61.6 cm³/mol. The summed E-state index contributed by atoms with van der Waals surface area (Å²) in [6.45, 7) is 5.34. The van der Waals surface area contributed by atoms with Crippen LogP contribution in [0.5, 0.6) is 0 Å². The van der Waals surface area contributed by atoms with Gasteiger partial charge in [0, 0.05) is 13.1 Å². The van der Waals surface area contributed by atoms with E-state index in [9.17, 15) is 14.4 Å². The first-order valence-electron chi connectivity index (χ1n) is 5.47. The maximum absolute atomic E-state index is 11.6. The molecule has 0 aromatic rings. The van der Waals surface area contributed by atoms with Crippen molar-refractivity contribution in [2.75, 3.05) is 19.6 Å². The number of likely N-dealkylation sites (N-methyl/N-ethyl adjacent to an activating group) is 2. The van der Waals surface area contributed by atoms with Gasteiger partial charge in [-0.1, -0.05) is 0 Å².